The lowest BCUT2D eigenvalue weighted by molar-refractivity contribution is -0.149. The van der Waals surface area contributed by atoms with Crippen molar-refractivity contribution in [1.82, 2.24) is 15.0 Å². The molecule has 0 aliphatic rings. The van der Waals surface area contributed by atoms with Crippen LogP contribution in [0.5, 0.6) is 0 Å². The first kappa shape index (κ1) is 15.3. The molecule has 0 saturated carbocycles. The third-order valence-electron chi connectivity index (χ3n) is 4.25. The van der Waals surface area contributed by atoms with Crippen molar-refractivity contribution in [2.75, 3.05) is 0 Å². The third kappa shape index (κ3) is 3.08. The van der Waals surface area contributed by atoms with E-state index in [0.29, 0.717) is 0 Å². The van der Waals surface area contributed by atoms with E-state index in [4.69, 9.17) is 4.74 Å². The second kappa shape index (κ2) is 6.36. The first-order valence-corrected chi connectivity index (χ1v) is 8.17. The molecule has 0 fully saturated rings. The summed E-state index contributed by atoms with van der Waals surface area (Å²) in [6.45, 7) is 1.92. The normalized spacial score (nSPS) is 12.4. The fourth-order valence-corrected chi connectivity index (χ4v) is 2.92. The van der Waals surface area contributed by atoms with Gasteiger partial charge in [0.2, 0.25) is 0 Å². The molecule has 3 aromatic carbocycles. The fourth-order valence-electron chi connectivity index (χ4n) is 2.92. The van der Waals surface area contributed by atoms with E-state index in [2.05, 4.69) is 28.5 Å². The molecule has 1 aromatic heterocycles. The Morgan fingerprint density at radius 3 is 2.68 bits per heavy atom. The molecule has 25 heavy (non-hydrogen) atoms. The number of ether oxygens (including phenoxy) is 1. The van der Waals surface area contributed by atoms with Crippen molar-refractivity contribution in [2.24, 2.45) is 0 Å². The topological polar surface area (TPSA) is 57.0 Å². The van der Waals surface area contributed by atoms with Crippen LogP contribution in [0.4, 0.5) is 0 Å². The van der Waals surface area contributed by atoms with E-state index in [1.807, 2.05) is 55.5 Å². The highest BCUT2D eigenvalue weighted by Gasteiger charge is 2.14. The Labute approximate surface area is 144 Å². The minimum atomic E-state index is -0.337. The Kier molecular flexibility index (Phi) is 3.90. The van der Waals surface area contributed by atoms with Crippen molar-refractivity contribution in [3.05, 3.63) is 72.3 Å². The Morgan fingerprint density at radius 2 is 1.80 bits per heavy atom. The lowest BCUT2D eigenvalue weighted by atomic mass is 10.0. The number of nitrogens with zero attached hydrogens (tertiary/aromatic N) is 3. The number of hydrogen-bond acceptors (Lipinski definition) is 4. The number of esters is 1. The molecule has 0 N–H and O–H groups in total. The van der Waals surface area contributed by atoms with E-state index in [0.717, 1.165) is 22.0 Å². The summed E-state index contributed by atoms with van der Waals surface area (Å²) in [5, 5.41) is 10.4. The summed E-state index contributed by atoms with van der Waals surface area (Å²) in [6, 6.07) is 21.7. The number of hydrogen-bond donors (Lipinski definition) is 0. The van der Waals surface area contributed by atoms with Crippen LogP contribution in [0.15, 0.2) is 66.7 Å². The van der Waals surface area contributed by atoms with E-state index < -0.39 is 0 Å². The average Bonchev–Trinajstić information content (AvgIpc) is 3.04. The molecule has 1 heterocycles. The van der Waals surface area contributed by atoms with Crippen LogP contribution in [0.2, 0.25) is 0 Å². The lowest BCUT2D eigenvalue weighted by Crippen LogP contribution is -2.16. The van der Waals surface area contributed by atoms with Crippen molar-refractivity contribution >= 4 is 27.8 Å². The molecular weight excluding hydrogens is 314 g/mol. The molecule has 0 bridgehead atoms. The SMILES string of the molecule is C[C@H](OC(=O)Cn1nnc2ccccc21)c1ccc2ccccc2c1. The van der Waals surface area contributed by atoms with Crippen LogP contribution in [0.1, 0.15) is 18.6 Å². The van der Waals surface area contributed by atoms with Crippen LogP contribution < -0.4 is 0 Å². The van der Waals surface area contributed by atoms with E-state index in [1.54, 1.807) is 4.68 Å². The van der Waals surface area contributed by atoms with E-state index in [9.17, 15) is 4.79 Å². The predicted molar refractivity (Wildman–Crippen MR) is 96.0 cm³/mol. The second-order valence-corrected chi connectivity index (χ2v) is 5.97. The fraction of sp³-hybridized carbons (Fsp3) is 0.150. The number of carbonyl (C=O) groups is 1. The summed E-state index contributed by atoms with van der Waals surface area (Å²) in [5.41, 5.74) is 2.55. The van der Waals surface area contributed by atoms with Gasteiger partial charge in [0.1, 0.15) is 18.2 Å². The molecule has 0 spiro atoms. The summed E-state index contributed by atoms with van der Waals surface area (Å²) >= 11 is 0. The summed E-state index contributed by atoms with van der Waals surface area (Å²) < 4.78 is 7.14. The van der Waals surface area contributed by atoms with Gasteiger partial charge in [0, 0.05) is 0 Å². The first-order valence-electron chi connectivity index (χ1n) is 8.17. The summed E-state index contributed by atoms with van der Waals surface area (Å²) in [5.74, 6) is -0.337. The Bertz CT molecular complexity index is 1050. The highest BCUT2D eigenvalue weighted by Crippen LogP contribution is 2.23. The third-order valence-corrected chi connectivity index (χ3v) is 4.25. The Balaban J connectivity index is 1.49. The zero-order chi connectivity index (χ0) is 17.2. The molecule has 0 aliphatic heterocycles. The van der Waals surface area contributed by atoms with Gasteiger partial charge >= 0.3 is 5.97 Å². The van der Waals surface area contributed by atoms with Gasteiger partial charge in [-0.2, -0.15) is 0 Å². The minimum absolute atomic E-state index is 0.0401. The molecule has 1 atom stereocenters. The average molecular weight is 331 g/mol. The lowest BCUT2D eigenvalue weighted by Gasteiger charge is -2.14. The molecule has 124 valence electrons. The zero-order valence-electron chi connectivity index (χ0n) is 13.8. The molecule has 0 unspecified atom stereocenters. The van der Waals surface area contributed by atoms with Crippen LogP contribution in [0.25, 0.3) is 21.8 Å². The summed E-state index contributed by atoms with van der Waals surface area (Å²) in [6.07, 6.45) is -0.327. The molecule has 5 heteroatoms. The number of aromatic nitrogens is 3. The van der Waals surface area contributed by atoms with Gasteiger partial charge in [0.15, 0.2) is 0 Å². The molecule has 0 saturated heterocycles. The van der Waals surface area contributed by atoms with E-state index in [-0.39, 0.29) is 18.6 Å². The summed E-state index contributed by atoms with van der Waals surface area (Å²) in [7, 11) is 0. The number of fused-ring (bicyclic) bond motifs is 2. The smallest absolute Gasteiger partial charge is 0.328 e. The number of benzene rings is 3. The maximum absolute atomic E-state index is 12.3. The van der Waals surface area contributed by atoms with Gasteiger partial charge in [0.05, 0.1) is 5.52 Å². The van der Waals surface area contributed by atoms with Gasteiger partial charge in [0.25, 0.3) is 0 Å². The van der Waals surface area contributed by atoms with E-state index in [1.165, 1.54) is 5.39 Å². The first-order chi connectivity index (χ1) is 12.2. The predicted octanol–water partition coefficient (Wildman–Crippen LogP) is 3.89. The number of rotatable bonds is 4. The highest BCUT2D eigenvalue weighted by atomic mass is 16.5. The zero-order valence-corrected chi connectivity index (χ0v) is 13.8. The molecule has 5 nitrogen and oxygen atoms in total. The molecule has 0 radical (unpaired) electrons. The number of carbonyl (C=O) groups excluding carboxylic acids is 1. The van der Waals surface area contributed by atoms with Gasteiger partial charge in [-0.05, 0) is 41.5 Å². The Morgan fingerprint density at radius 1 is 1.04 bits per heavy atom. The minimum Gasteiger partial charge on any atom is -0.456 e. The molecule has 0 amide bonds. The van der Waals surface area contributed by atoms with Gasteiger partial charge in [-0.3, -0.25) is 4.79 Å². The van der Waals surface area contributed by atoms with Gasteiger partial charge in [-0.1, -0.05) is 53.7 Å². The number of para-hydroxylation sites is 1. The maximum atomic E-state index is 12.3. The highest BCUT2D eigenvalue weighted by molar-refractivity contribution is 5.83. The van der Waals surface area contributed by atoms with Gasteiger partial charge < -0.3 is 4.74 Å². The van der Waals surface area contributed by atoms with Crippen molar-refractivity contribution in [1.29, 1.82) is 0 Å². The van der Waals surface area contributed by atoms with Crippen molar-refractivity contribution in [2.45, 2.75) is 19.6 Å². The largest absolute Gasteiger partial charge is 0.456 e. The molecule has 4 rings (SSSR count). The van der Waals surface area contributed by atoms with Crippen LogP contribution in [-0.4, -0.2) is 21.0 Å². The monoisotopic (exact) mass is 331 g/mol. The van der Waals surface area contributed by atoms with Crippen LogP contribution in [0.3, 0.4) is 0 Å². The summed E-state index contributed by atoms with van der Waals surface area (Å²) in [4.78, 5) is 12.3. The Hall–Kier alpha value is -3.21. The maximum Gasteiger partial charge on any atom is 0.328 e. The van der Waals surface area contributed by atoms with Crippen LogP contribution in [-0.2, 0) is 16.1 Å². The van der Waals surface area contributed by atoms with Gasteiger partial charge in [-0.15, -0.1) is 5.10 Å². The van der Waals surface area contributed by atoms with Gasteiger partial charge in [-0.25, -0.2) is 4.68 Å². The molecular formula is C20H17N3O2. The van der Waals surface area contributed by atoms with Crippen LogP contribution in [0, 0.1) is 0 Å². The molecule has 0 aliphatic carbocycles. The second-order valence-electron chi connectivity index (χ2n) is 5.97. The van der Waals surface area contributed by atoms with Crippen molar-refractivity contribution < 1.29 is 9.53 Å². The quantitative estimate of drug-likeness (QED) is 0.532. The van der Waals surface area contributed by atoms with E-state index >= 15 is 0 Å². The molecule has 4 aromatic rings. The van der Waals surface area contributed by atoms with Crippen molar-refractivity contribution in [3.8, 4) is 0 Å². The van der Waals surface area contributed by atoms with Crippen molar-refractivity contribution in [3.63, 3.8) is 0 Å². The van der Waals surface area contributed by atoms with Crippen LogP contribution >= 0.6 is 0 Å². The standard InChI is InChI=1S/C20H17N3O2/c1-14(16-11-10-15-6-2-3-7-17(15)12-16)25-20(24)13-23-19-9-5-4-8-18(19)21-22-23/h2-12,14H,13H2,1H3/t14-/m0/s1.